The third-order valence-electron chi connectivity index (χ3n) is 5.27. The van der Waals surface area contributed by atoms with Crippen LogP contribution < -0.4 is 14.8 Å². The van der Waals surface area contributed by atoms with E-state index in [9.17, 15) is 4.79 Å². The first-order valence-corrected chi connectivity index (χ1v) is 8.17. The molecule has 2 aliphatic rings. The van der Waals surface area contributed by atoms with Gasteiger partial charge in [0.1, 0.15) is 0 Å². The Morgan fingerprint density at radius 1 is 1.18 bits per heavy atom. The lowest BCUT2D eigenvalue weighted by Crippen LogP contribution is -2.26. The molecule has 0 aromatic heterocycles. The number of carbonyl (C=O) groups excluding carboxylic acids is 1. The standard InChI is InChI=1S/C18H25NO3/c1-21-16-6-4-13(9-17(16)22-2)11-19-18(20)10-15-8-12-3-5-14(15)7-12/h4,6,9,12,14-15H,3,5,7-8,10-11H2,1-2H3,(H,19,20)/t12-,14-,15+/m0/s1. The number of benzene rings is 1. The van der Waals surface area contributed by atoms with Crippen LogP contribution in [0.25, 0.3) is 0 Å². The van der Waals surface area contributed by atoms with E-state index in [-0.39, 0.29) is 5.91 Å². The molecule has 0 heterocycles. The minimum Gasteiger partial charge on any atom is -0.493 e. The molecule has 2 fully saturated rings. The molecule has 4 nitrogen and oxygen atoms in total. The van der Waals surface area contributed by atoms with Crippen molar-refractivity contribution < 1.29 is 14.3 Å². The Kier molecular flexibility index (Phi) is 4.55. The van der Waals surface area contributed by atoms with Crippen molar-refractivity contribution in [2.75, 3.05) is 14.2 Å². The Hall–Kier alpha value is -1.71. The summed E-state index contributed by atoms with van der Waals surface area (Å²) in [5.74, 6) is 3.89. The van der Waals surface area contributed by atoms with E-state index in [1.807, 2.05) is 18.2 Å². The molecule has 0 spiro atoms. The lowest BCUT2D eigenvalue weighted by molar-refractivity contribution is -0.122. The van der Waals surface area contributed by atoms with Crippen LogP contribution in [-0.4, -0.2) is 20.1 Å². The van der Waals surface area contributed by atoms with Crippen LogP contribution in [0.3, 0.4) is 0 Å². The highest BCUT2D eigenvalue weighted by Crippen LogP contribution is 2.49. The van der Waals surface area contributed by atoms with E-state index in [1.165, 1.54) is 25.7 Å². The summed E-state index contributed by atoms with van der Waals surface area (Å²) in [5, 5.41) is 3.04. The maximum atomic E-state index is 12.2. The Labute approximate surface area is 132 Å². The number of nitrogens with one attached hydrogen (secondary N) is 1. The van der Waals surface area contributed by atoms with Gasteiger partial charge in [-0.2, -0.15) is 0 Å². The van der Waals surface area contributed by atoms with Crippen LogP contribution >= 0.6 is 0 Å². The molecule has 22 heavy (non-hydrogen) atoms. The number of ether oxygens (including phenoxy) is 2. The summed E-state index contributed by atoms with van der Waals surface area (Å²) < 4.78 is 10.5. The summed E-state index contributed by atoms with van der Waals surface area (Å²) in [7, 11) is 3.24. The summed E-state index contributed by atoms with van der Waals surface area (Å²) >= 11 is 0. The van der Waals surface area contributed by atoms with Crippen molar-refractivity contribution in [1.29, 1.82) is 0 Å². The molecule has 120 valence electrons. The van der Waals surface area contributed by atoms with Crippen molar-refractivity contribution in [3.05, 3.63) is 23.8 Å². The fourth-order valence-electron chi connectivity index (χ4n) is 4.13. The van der Waals surface area contributed by atoms with Gasteiger partial charge in [-0.3, -0.25) is 4.79 Å². The first kappa shape index (κ1) is 15.2. The van der Waals surface area contributed by atoms with Crippen molar-refractivity contribution in [3.8, 4) is 11.5 Å². The third kappa shape index (κ3) is 3.21. The van der Waals surface area contributed by atoms with Crippen LogP contribution in [0.15, 0.2) is 18.2 Å². The molecule has 1 aromatic rings. The molecule has 2 aliphatic carbocycles. The minimum atomic E-state index is 0.173. The van der Waals surface area contributed by atoms with E-state index in [4.69, 9.17) is 9.47 Å². The number of methoxy groups -OCH3 is 2. The second kappa shape index (κ2) is 6.59. The van der Waals surface area contributed by atoms with Gasteiger partial charge in [-0.25, -0.2) is 0 Å². The normalized spacial score (nSPS) is 26.0. The topological polar surface area (TPSA) is 47.6 Å². The summed E-state index contributed by atoms with van der Waals surface area (Å²) in [6.07, 6.45) is 6.02. The van der Waals surface area contributed by atoms with Gasteiger partial charge < -0.3 is 14.8 Å². The highest BCUT2D eigenvalue weighted by molar-refractivity contribution is 5.76. The maximum Gasteiger partial charge on any atom is 0.220 e. The lowest BCUT2D eigenvalue weighted by atomic mass is 9.86. The van der Waals surface area contributed by atoms with Gasteiger partial charge in [0.25, 0.3) is 0 Å². The van der Waals surface area contributed by atoms with Crippen molar-refractivity contribution in [3.63, 3.8) is 0 Å². The lowest BCUT2D eigenvalue weighted by Gasteiger charge is -2.21. The van der Waals surface area contributed by atoms with E-state index >= 15 is 0 Å². The average Bonchev–Trinajstić information content (AvgIpc) is 3.15. The second-order valence-electron chi connectivity index (χ2n) is 6.61. The van der Waals surface area contributed by atoms with Gasteiger partial charge in [0.15, 0.2) is 11.5 Å². The Bertz CT molecular complexity index is 543. The van der Waals surface area contributed by atoms with Crippen LogP contribution in [0.1, 0.15) is 37.7 Å². The molecule has 2 bridgehead atoms. The van der Waals surface area contributed by atoms with Crippen LogP contribution in [0.2, 0.25) is 0 Å². The van der Waals surface area contributed by atoms with Crippen LogP contribution in [0.4, 0.5) is 0 Å². The van der Waals surface area contributed by atoms with Crippen LogP contribution in [0.5, 0.6) is 11.5 Å². The number of carbonyl (C=O) groups is 1. The zero-order chi connectivity index (χ0) is 15.5. The Morgan fingerprint density at radius 3 is 2.64 bits per heavy atom. The molecule has 0 radical (unpaired) electrons. The van der Waals surface area contributed by atoms with E-state index in [1.54, 1.807) is 14.2 Å². The van der Waals surface area contributed by atoms with Gasteiger partial charge in [-0.05, 0) is 54.7 Å². The monoisotopic (exact) mass is 303 g/mol. The molecule has 4 heteroatoms. The molecule has 1 N–H and O–H groups in total. The van der Waals surface area contributed by atoms with E-state index in [0.29, 0.717) is 30.4 Å². The van der Waals surface area contributed by atoms with Gasteiger partial charge in [0, 0.05) is 13.0 Å². The number of fused-ring (bicyclic) bond motifs is 2. The van der Waals surface area contributed by atoms with Crippen molar-refractivity contribution in [2.24, 2.45) is 17.8 Å². The minimum absolute atomic E-state index is 0.173. The van der Waals surface area contributed by atoms with Crippen molar-refractivity contribution >= 4 is 5.91 Å². The average molecular weight is 303 g/mol. The zero-order valence-electron chi connectivity index (χ0n) is 13.4. The van der Waals surface area contributed by atoms with Crippen molar-refractivity contribution in [1.82, 2.24) is 5.32 Å². The number of hydrogen-bond acceptors (Lipinski definition) is 3. The molecular weight excluding hydrogens is 278 g/mol. The number of amides is 1. The molecule has 2 saturated carbocycles. The molecular formula is C18H25NO3. The predicted molar refractivity (Wildman–Crippen MR) is 84.9 cm³/mol. The van der Waals surface area contributed by atoms with Gasteiger partial charge in [0.05, 0.1) is 14.2 Å². The highest BCUT2D eigenvalue weighted by atomic mass is 16.5. The van der Waals surface area contributed by atoms with E-state index in [0.717, 1.165) is 17.4 Å². The van der Waals surface area contributed by atoms with Gasteiger partial charge >= 0.3 is 0 Å². The van der Waals surface area contributed by atoms with Gasteiger partial charge in [0.2, 0.25) is 5.91 Å². The quantitative estimate of drug-likeness (QED) is 0.878. The van der Waals surface area contributed by atoms with Gasteiger partial charge in [-0.1, -0.05) is 12.5 Å². The fraction of sp³-hybridized carbons (Fsp3) is 0.611. The van der Waals surface area contributed by atoms with E-state index in [2.05, 4.69) is 5.32 Å². The molecule has 1 amide bonds. The molecule has 0 unspecified atom stereocenters. The molecule has 0 saturated heterocycles. The Balaban J connectivity index is 1.50. The largest absolute Gasteiger partial charge is 0.493 e. The van der Waals surface area contributed by atoms with Crippen molar-refractivity contribution in [2.45, 2.75) is 38.6 Å². The van der Waals surface area contributed by atoms with Crippen LogP contribution in [0, 0.1) is 17.8 Å². The fourth-order valence-corrected chi connectivity index (χ4v) is 4.13. The predicted octanol–water partition coefficient (Wildman–Crippen LogP) is 3.15. The first-order valence-electron chi connectivity index (χ1n) is 8.17. The molecule has 3 atom stereocenters. The summed E-state index contributed by atoms with van der Waals surface area (Å²) in [6.45, 7) is 0.542. The molecule has 3 rings (SSSR count). The van der Waals surface area contributed by atoms with Gasteiger partial charge in [-0.15, -0.1) is 0 Å². The third-order valence-corrected chi connectivity index (χ3v) is 5.27. The summed E-state index contributed by atoms with van der Waals surface area (Å²) in [5.41, 5.74) is 1.03. The van der Waals surface area contributed by atoms with Crippen LogP contribution in [-0.2, 0) is 11.3 Å². The molecule has 1 aromatic carbocycles. The van der Waals surface area contributed by atoms with E-state index < -0.39 is 0 Å². The SMILES string of the molecule is COc1ccc(CNC(=O)C[C@H]2C[C@H]3CC[C@H]2C3)cc1OC. The summed E-state index contributed by atoms with van der Waals surface area (Å²) in [6, 6.07) is 5.74. The smallest absolute Gasteiger partial charge is 0.220 e. The maximum absolute atomic E-state index is 12.2. The number of rotatable bonds is 6. The Morgan fingerprint density at radius 2 is 2.00 bits per heavy atom. The highest BCUT2D eigenvalue weighted by Gasteiger charge is 2.39. The summed E-state index contributed by atoms with van der Waals surface area (Å²) in [4.78, 5) is 12.2. The number of hydrogen-bond donors (Lipinski definition) is 1. The second-order valence-corrected chi connectivity index (χ2v) is 6.61. The first-order chi connectivity index (χ1) is 10.7. The molecule has 0 aliphatic heterocycles. The zero-order valence-corrected chi connectivity index (χ0v) is 13.4.